The average molecular weight is 1260 g/mol. The van der Waals surface area contributed by atoms with Crippen LogP contribution in [0.1, 0.15) is 220 Å². The van der Waals surface area contributed by atoms with Gasteiger partial charge in [0.25, 0.3) is 0 Å². The quantitative estimate of drug-likeness (QED) is 0.0684. The zero-order chi connectivity index (χ0) is 61.5. The predicted molar refractivity (Wildman–Crippen MR) is 375 cm³/mol. The van der Waals surface area contributed by atoms with E-state index in [1.807, 2.05) is 23.1 Å². The van der Waals surface area contributed by atoms with Gasteiger partial charge in [0.15, 0.2) is 5.76 Å². The topological polar surface area (TPSA) is 100 Å². The number of rotatable bonds is 18. The van der Waals surface area contributed by atoms with Crippen LogP contribution >= 0.6 is 23.1 Å². The zero-order valence-corrected chi connectivity index (χ0v) is 57.9. The summed E-state index contributed by atoms with van der Waals surface area (Å²) in [5, 5.41) is 24.5. The van der Waals surface area contributed by atoms with Crippen LogP contribution in [0.2, 0.25) is 0 Å². The molecule has 17 saturated carbocycles. The first kappa shape index (κ1) is 62.1. The van der Waals surface area contributed by atoms with E-state index in [4.69, 9.17) is 9.05 Å². The molecule has 4 N–H and O–H groups in total. The van der Waals surface area contributed by atoms with E-state index >= 15 is 0 Å². The molecule has 23 rings (SSSR count). The van der Waals surface area contributed by atoms with Crippen molar-refractivity contribution in [1.82, 2.24) is 31.6 Å². The van der Waals surface area contributed by atoms with Gasteiger partial charge in [-0.25, -0.2) is 0 Å². The maximum Gasteiger partial charge on any atom is 0.167 e. The molecule has 10 heteroatoms. The average Bonchev–Trinajstić information content (AvgIpc) is 1.20. The lowest BCUT2D eigenvalue weighted by Crippen LogP contribution is -2.58. The molecule has 0 spiro atoms. The maximum absolute atomic E-state index is 5.61. The number of hydrogen-bond donors (Lipinski definition) is 4. The molecular formula is C81H110N6O2S2. The number of benzene rings is 2. The standard InChI is InChI=1S/C22H27NS.C21H26N2O.C19H30N2OS.C19H27N/c1-15-2-4-19(5-3-15)21-7-6-20(24-21)14-23-22-11-16-8-17(12-22)10-18(9-16)13-22;1-14-4-2-3-5-19(14)20-9-18(23-24-20)13-22-21-10-15-6-16(11-21)8-17(7-15)12-21;1-18(2,23-3)11-17-7-16(21-22-17)12-20-19-8-13-4-14(9-19)6-15(5-13)10-19;1-2-18(17-3-4-17)8-13(1)12-20-19-9-14-5-15(10-19)7-16(6-14)11-19/h2-7,16-18,23H,8-14H2,1H3;2-5,9,15-17,22H,6-8,10-13H2,1H3;7,13-15,20H,4-6,8-12H2,1-3H3;2,8,14-17,20H,1,3-7,9-12H2. The van der Waals surface area contributed by atoms with Crippen molar-refractivity contribution >= 4 is 23.1 Å². The third-order valence-electron chi connectivity index (χ3n) is 26.5. The molecule has 16 bridgehead atoms. The van der Waals surface area contributed by atoms with E-state index in [1.54, 1.807) is 30.4 Å². The van der Waals surface area contributed by atoms with Crippen molar-refractivity contribution in [2.24, 2.45) is 76.9 Å². The molecule has 18 aliphatic rings. The molecule has 0 saturated heterocycles. The van der Waals surface area contributed by atoms with E-state index in [2.05, 4.69) is 150 Å². The van der Waals surface area contributed by atoms with Gasteiger partial charge in [-0.1, -0.05) is 96.0 Å². The van der Waals surface area contributed by atoms with Crippen molar-refractivity contribution in [3.05, 3.63) is 129 Å². The van der Waals surface area contributed by atoms with Crippen LogP contribution in [0.4, 0.5) is 0 Å². The second kappa shape index (κ2) is 25.3. The molecule has 0 amide bonds. The van der Waals surface area contributed by atoms with Crippen molar-refractivity contribution in [3.8, 4) is 21.8 Å². The smallest absolute Gasteiger partial charge is 0.167 e. The Bertz CT molecular complexity index is 3270. The summed E-state index contributed by atoms with van der Waals surface area (Å²) in [5.74, 6) is 15.0. The van der Waals surface area contributed by atoms with Gasteiger partial charge in [0, 0.05) is 87.0 Å². The molecule has 17 fully saturated rings. The molecule has 0 unspecified atom stereocenters. The van der Waals surface area contributed by atoms with Gasteiger partial charge in [0.1, 0.15) is 5.76 Å². The highest BCUT2D eigenvalue weighted by Crippen LogP contribution is 2.59. The molecule has 488 valence electrons. The lowest BCUT2D eigenvalue weighted by Gasteiger charge is -2.57. The number of aryl methyl sites for hydroxylation is 2. The summed E-state index contributed by atoms with van der Waals surface area (Å²) in [7, 11) is 0. The Morgan fingerprint density at radius 3 is 1.42 bits per heavy atom. The van der Waals surface area contributed by atoms with Crippen LogP contribution in [0.3, 0.4) is 0 Å². The third-order valence-corrected chi connectivity index (χ3v) is 28.9. The summed E-state index contributed by atoms with van der Waals surface area (Å²) in [4.78, 5) is 2.89. The first-order valence-corrected chi connectivity index (χ1v) is 39.2. The van der Waals surface area contributed by atoms with Crippen molar-refractivity contribution in [2.45, 2.75) is 254 Å². The van der Waals surface area contributed by atoms with Gasteiger partial charge in [-0.05, 0) is 299 Å². The second-order valence-corrected chi connectivity index (χ2v) is 37.4. The monoisotopic (exact) mass is 1260 g/mol. The molecule has 3 aromatic heterocycles. The fourth-order valence-electron chi connectivity index (χ4n) is 23.6. The fourth-order valence-corrected chi connectivity index (χ4v) is 24.8. The Morgan fingerprint density at radius 2 is 0.956 bits per heavy atom. The Balaban J connectivity index is 0.0000000970. The minimum absolute atomic E-state index is 0.212. The van der Waals surface area contributed by atoms with Gasteiger partial charge >= 0.3 is 0 Å². The summed E-state index contributed by atoms with van der Waals surface area (Å²) in [6, 6.07) is 26.1. The number of thioether (sulfide) groups is 1. The first-order valence-electron chi connectivity index (χ1n) is 37.2. The van der Waals surface area contributed by atoms with Crippen molar-refractivity contribution in [1.29, 1.82) is 0 Å². The van der Waals surface area contributed by atoms with Crippen LogP contribution in [0.25, 0.3) is 21.8 Å². The molecule has 0 atom stereocenters. The number of allylic oxidation sites excluding steroid dienone is 3. The number of hydrogen-bond acceptors (Lipinski definition) is 10. The van der Waals surface area contributed by atoms with Crippen molar-refractivity contribution < 1.29 is 9.05 Å². The van der Waals surface area contributed by atoms with E-state index in [-0.39, 0.29) is 4.75 Å². The minimum atomic E-state index is 0.212. The molecule has 3 heterocycles. The van der Waals surface area contributed by atoms with E-state index in [0.717, 1.165) is 131 Å². The first-order chi connectivity index (χ1) is 44.1. The normalized spacial score (nSPS) is 37.0. The van der Waals surface area contributed by atoms with E-state index in [0.29, 0.717) is 22.2 Å². The van der Waals surface area contributed by atoms with Crippen LogP contribution in [0.5, 0.6) is 0 Å². The van der Waals surface area contributed by atoms with Gasteiger partial charge < -0.3 is 30.3 Å². The Morgan fingerprint density at radius 1 is 0.516 bits per heavy atom. The maximum atomic E-state index is 5.61. The molecule has 5 aromatic rings. The highest BCUT2D eigenvalue weighted by molar-refractivity contribution is 7.99. The molecule has 8 nitrogen and oxygen atoms in total. The summed E-state index contributed by atoms with van der Waals surface area (Å²) in [5.41, 5.74) is 12.3. The van der Waals surface area contributed by atoms with Crippen LogP contribution in [-0.2, 0) is 26.1 Å². The van der Waals surface area contributed by atoms with E-state index in [9.17, 15) is 0 Å². The number of nitrogens with zero attached hydrogens (tertiary/aromatic N) is 2. The van der Waals surface area contributed by atoms with Crippen LogP contribution in [-0.4, -0.2) is 50.0 Å². The SMILES string of the molecule is C1=C(CNC23CC4CC(CC(C4)C2)C3)CC=C1C1CC1.CSC(C)(C)Cc1cc(CNC23CC4CC(CC(C4)C2)C3)no1.Cc1ccc(-c2ccc(CNC34CC5CC(CC(C5)C3)C4)s2)cc1.Cc1ccccc1-c1cc(CNC23CC4CC(CC(C4)C2)C3)no1. The molecule has 0 radical (unpaired) electrons. The molecule has 18 aliphatic carbocycles. The highest BCUT2D eigenvalue weighted by Gasteiger charge is 2.54. The molecular weight excluding hydrogens is 1150 g/mol. The number of aromatic nitrogens is 2. The van der Waals surface area contributed by atoms with E-state index in [1.165, 1.54) is 187 Å². The Hall–Kier alpha value is -3.77. The van der Waals surface area contributed by atoms with Crippen LogP contribution in [0.15, 0.2) is 105 Å². The van der Waals surface area contributed by atoms with Gasteiger partial charge in [-0.15, -0.1) is 11.3 Å². The summed E-state index contributed by atoms with van der Waals surface area (Å²) in [6.07, 6.45) is 47.5. The largest absolute Gasteiger partial charge is 0.361 e. The molecule has 2 aromatic carbocycles. The second-order valence-electron chi connectivity index (χ2n) is 34.7. The Labute approximate surface area is 555 Å². The van der Waals surface area contributed by atoms with Gasteiger partial charge in [0.2, 0.25) is 0 Å². The van der Waals surface area contributed by atoms with Crippen LogP contribution in [0, 0.1) is 90.8 Å². The highest BCUT2D eigenvalue weighted by atomic mass is 32.2. The van der Waals surface area contributed by atoms with Crippen molar-refractivity contribution in [2.75, 3.05) is 12.8 Å². The molecule has 0 aliphatic heterocycles. The number of thiophene rings is 1. The minimum Gasteiger partial charge on any atom is -0.361 e. The summed E-state index contributed by atoms with van der Waals surface area (Å²) < 4.78 is 11.4. The summed E-state index contributed by atoms with van der Waals surface area (Å²) in [6.45, 7) is 12.7. The zero-order valence-electron chi connectivity index (χ0n) is 56.2. The third kappa shape index (κ3) is 14.1. The fraction of sp³-hybridized carbons (Fsp3) is 0.679. The van der Waals surface area contributed by atoms with Crippen molar-refractivity contribution in [3.63, 3.8) is 0 Å². The Kier molecular flexibility index (Phi) is 17.3. The summed E-state index contributed by atoms with van der Waals surface area (Å²) >= 11 is 3.84. The lowest BCUT2D eigenvalue weighted by molar-refractivity contribution is -0.0209. The lowest BCUT2D eigenvalue weighted by atomic mass is 9.53. The van der Waals surface area contributed by atoms with E-state index < -0.39 is 0 Å². The van der Waals surface area contributed by atoms with Gasteiger partial charge in [-0.3, -0.25) is 0 Å². The number of nitrogens with one attached hydrogen (secondary N) is 4. The van der Waals surface area contributed by atoms with Gasteiger partial charge in [-0.2, -0.15) is 11.8 Å². The van der Waals surface area contributed by atoms with Gasteiger partial charge in [0.05, 0.1) is 11.4 Å². The van der Waals surface area contributed by atoms with Crippen LogP contribution < -0.4 is 21.3 Å². The predicted octanol–water partition coefficient (Wildman–Crippen LogP) is 19.1. The molecule has 91 heavy (non-hydrogen) atoms.